The monoisotopic (exact) mass is 256 g/mol. The molecule has 0 amide bonds. The van der Waals surface area contributed by atoms with Crippen molar-refractivity contribution in [2.75, 3.05) is 12.8 Å². The topological polar surface area (TPSA) is 48.1 Å². The van der Waals surface area contributed by atoms with Crippen LogP contribution in [0.1, 0.15) is 0 Å². The van der Waals surface area contributed by atoms with E-state index < -0.39 is 0 Å². The summed E-state index contributed by atoms with van der Waals surface area (Å²) in [4.78, 5) is 4.42. The van der Waals surface area contributed by atoms with Crippen LogP contribution in [0.2, 0.25) is 0 Å². The SMILES string of the molecule is COc1cc(-c2ccc(N)cc2)c2ncsc2c1. The van der Waals surface area contributed by atoms with Gasteiger partial charge in [-0.15, -0.1) is 11.3 Å². The van der Waals surface area contributed by atoms with Gasteiger partial charge in [0.15, 0.2) is 0 Å². The van der Waals surface area contributed by atoms with E-state index in [1.54, 1.807) is 18.4 Å². The minimum atomic E-state index is 0.760. The lowest BCUT2D eigenvalue weighted by Gasteiger charge is -2.06. The molecule has 18 heavy (non-hydrogen) atoms. The van der Waals surface area contributed by atoms with Gasteiger partial charge in [-0.25, -0.2) is 4.98 Å². The molecule has 0 bridgehead atoms. The van der Waals surface area contributed by atoms with Crippen molar-refractivity contribution in [1.29, 1.82) is 0 Å². The second-order valence-electron chi connectivity index (χ2n) is 4.00. The quantitative estimate of drug-likeness (QED) is 0.713. The predicted octanol–water partition coefficient (Wildman–Crippen LogP) is 3.55. The Morgan fingerprint density at radius 1 is 1.17 bits per heavy atom. The van der Waals surface area contributed by atoms with Crippen molar-refractivity contribution in [1.82, 2.24) is 4.98 Å². The van der Waals surface area contributed by atoms with E-state index in [9.17, 15) is 0 Å². The van der Waals surface area contributed by atoms with E-state index in [1.165, 1.54) is 0 Å². The molecule has 0 saturated carbocycles. The molecule has 4 heteroatoms. The third-order valence-electron chi connectivity index (χ3n) is 2.87. The number of rotatable bonds is 2. The van der Waals surface area contributed by atoms with Crippen LogP contribution in [0, 0.1) is 0 Å². The number of nitrogen functional groups attached to an aromatic ring is 1. The first-order valence-electron chi connectivity index (χ1n) is 5.55. The lowest BCUT2D eigenvalue weighted by molar-refractivity contribution is 0.415. The van der Waals surface area contributed by atoms with Gasteiger partial charge in [-0.3, -0.25) is 0 Å². The maximum Gasteiger partial charge on any atom is 0.121 e. The Hall–Kier alpha value is -2.07. The van der Waals surface area contributed by atoms with Gasteiger partial charge in [0.25, 0.3) is 0 Å². The van der Waals surface area contributed by atoms with Gasteiger partial charge in [0.2, 0.25) is 0 Å². The van der Waals surface area contributed by atoms with Crippen molar-refractivity contribution in [2.45, 2.75) is 0 Å². The molecule has 0 radical (unpaired) electrons. The number of ether oxygens (including phenoxy) is 1. The molecule has 3 rings (SSSR count). The van der Waals surface area contributed by atoms with Crippen molar-refractivity contribution in [3.05, 3.63) is 41.9 Å². The summed E-state index contributed by atoms with van der Waals surface area (Å²) in [5.41, 5.74) is 11.5. The molecule has 0 aliphatic carbocycles. The molecular formula is C14H12N2OS. The summed E-state index contributed by atoms with van der Waals surface area (Å²) in [6.45, 7) is 0. The third kappa shape index (κ3) is 1.80. The average Bonchev–Trinajstić information content (AvgIpc) is 2.86. The summed E-state index contributed by atoms with van der Waals surface area (Å²) < 4.78 is 6.46. The summed E-state index contributed by atoms with van der Waals surface area (Å²) in [5.74, 6) is 0.846. The first-order chi connectivity index (χ1) is 8.78. The van der Waals surface area contributed by atoms with E-state index >= 15 is 0 Å². The van der Waals surface area contributed by atoms with Crippen molar-refractivity contribution >= 4 is 27.2 Å². The lowest BCUT2D eigenvalue weighted by atomic mass is 10.0. The predicted molar refractivity (Wildman–Crippen MR) is 76.0 cm³/mol. The highest BCUT2D eigenvalue weighted by molar-refractivity contribution is 7.16. The Bertz CT molecular complexity index is 689. The highest BCUT2D eigenvalue weighted by Gasteiger charge is 2.09. The summed E-state index contributed by atoms with van der Waals surface area (Å²) in [6.07, 6.45) is 0. The summed E-state index contributed by atoms with van der Waals surface area (Å²) in [5, 5.41) is 0. The van der Waals surface area contributed by atoms with E-state index in [-0.39, 0.29) is 0 Å². The molecule has 0 aliphatic heterocycles. The van der Waals surface area contributed by atoms with Gasteiger partial charge in [0.05, 0.1) is 22.8 Å². The molecule has 1 aromatic heterocycles. The van der Waals surface area contributed by atoms with Gasteiger partial charge in [0, 0.05) is 11.3 Å². The maximum absolute atomic E-state index is 5.72. The van der Waals surface area contributed by atoms with Crippen LogP contribution >= 0.6 is 11.3 Å². The van der Waals surface area contributed by atoms with Gasteiger partial charge < -0.3 is 10.5 Å². The Kier molecular flexibility index (Phi) is 2.64. The maximum atomic E-state index is 5.72. The number of hydrogen-bond donors (Lipinski definition) is 1. The van der Waals surface area contributed by atoms with Crippen LogP contribution in [0.5, 0.6) is 5.75 Å². The second-order valence-corrected chi connectivity index (χ2v) is 4.88. The number of thiazole rings is 1. The van der Waals surface area contributed by atoms with E-state index in [1.807, 2.05) is 41.9 Å². The molecule has 90 valence electrons. The Balaban J connectivity index is 2.26. The van der Waals surface area contributed by atoms with Crippen LogP contribution in [-0.2, 0) is 0 Å². The standard InChI is InChI=1S/C14H12N2OS/c1-17-11-6-12(9-2-4-10(15)5-3-9)14-13(7-11)18-8-16-14/h2-8H,15H2,1H3. The van der Waals surface area contributed by atoms with Crippen LogP contribution in [0.15, 0.2) is 41.9 Å². The minimum Gasteiger partial charge on any atom is -0.497 e. The van der Waals surface area contributed by atoms with E-state index in [0.29, 0.717) is 0 Å². The lowest BCUT2D eigenvalue weighted by Crippen LogP contribution is -1.87. The summed E-state index contributed by atoms with van der Waals surface area (Å²) in [7, 11) is 1.68. The second kappa shape index (κ2) is 4.31. The van der Waals surface area contributed by atoms with Gasteiger partial charge in [-0.05, 0) is 29.8 Å². The first kappa shape index (κ1) is 11.0. The van der Waals surface area contributed by atoms with Crippen LogP contribution in [-0.4, -0.2) is 12.1 Å². The highest BCUT2D eigenvalue weighted by atomic mass is 32.1. The van der Waals surface area contributed by atoms with E-state index in [0.717, 1.165) is 32.8 Å². The average molecular weight is 256 g/mol. The Labute approximate surface area is 109 Å². The number of nitrogens with two attached hydrogens (primary N) is 1. The van der Waals surface area contributed by atoms with E-state index in [2.05, 4.69) is 4.98 Å². The summed E-state index contributed by atoms with van der Waals surface area (Å²) >= 11 is 1.61. The van der Waals surface area contributed by atoms with Crippen molar-refractivity contribution in [2.24, 2.45) is 0 Å². The zero-order chi connectivity index (χ0) is 12.5. The fraction of sp³-hybridized carbons (Fsp3) is 0.0714. The van der Waals surface area contributed by atoms with Crippen LogP contribution < -0.4 is 10.5 Å². The van der Waals surface area contributed by atoms with Crippen molar-refractivity contribution < 1.29 is 4.74 Å². The molecule has 0 spiro atoms. The number of benzene rings is 2. The number of fused-ring (bicyclic) bond motifs is 1. The molecule has 2 N–H and O–H groups in total. The number of methoxy groups -OCH3 is 1. The minimum absolute atomic E-state index is 0.760. The zero-order valence-corrected chi connectivity index (χ0v) is 10.7. The molecule has 3 aromatic rings. The first-order valence-corrected chi connectivity index (χ1v) is 6.43. The van der Waals surface area contributed by atoms with Gasteiger partial charge >= 0.3 is 0 Å². The third-order valence-corrected chi connectivity index (χ3v) is 3.64. The van der Waals surface area contributed by atoms with Crippen molar-refractivity contribution in [3.63, 3.8) is 0 Å². The molecule has 0 atom stereocenters. The zero-order valence-electron chi connectivity index (χ0n) is 9.88. The van der Waals surface area contributed by atoms with E-state index in [4.69, 9.17) is 10.5 Å². The molecule has 0 aliphatic rings. The molecule has 0 saturated heterocycles. The molecule has 2 aromatic carbocycles. The van der Waals surface area contributed by atoms with Gasteiger partial charge in [0.1, 0.15) is 5.75 Å². The molecule has 1 heterocycles. The van der Waals surface area contributed by atoms with Crippen LogP contribution in [0.3, 0.4) is 0 Å². The number of hydrogen-bond acceptors (Lipinski definition) is 4. The Morgan fingerprint density at radius 2 is 1.94 bits per heavy atom. The molecular weight excluding hydrogens is 244 g/mol. The molecule has 3 nitrogen and oxygen atoms in total. The highest BCUT2D eigenvalue weighted by Crippen LogP contribution is 2.34. The van der Waals surface area contributed by atoms with Gasteiger partial charge in [-0.1, -0.05) is 12.1 Å². The van der Waals surface area contributed by atoms with Crippen LogP contribution in [0.25, 0.3) is 21.3 Å². The fourth-order valence-corrected chi connectivity index (χ4v) is 2.67. The molecule has 0 unspecified atom stereocenters. The number of anilines is 1. The number of nitrogens with zero attached hydrogens (tertiary/aromatic N) is 1. The smallest absolute Gasteiger partial charge is 0.121 e. The van der Waals surface area contributed by atoms with Crippen molar-refractivity contribution in [3.8, 4) is 16.9 Å². The van der Waals surface area contributed by atoms with Gasteiger partial charge in [-0.2, -0.15) is 0 Å². The Morgan fingerprint density at radius 3 is 2.67 bits per heavy atom. The summed E-state index contributed by atoms with van der Waals surface area (Å²) in [6, 6.07) is 11.8. The number of aromatic nitrogens is 1. The van der Waals surface area contributed by atoms with Crippen LogP contribution in [0.4, 0.5) is 5.69 Å². The normalized spacial score (nSPS) is 10.7. The largest absolute Gasteiger partial charge is 0.497 e. The fourth-order valence-electron chi connectivity index (χ4n) is 1.94. The molecule has 0 fully saturated rings.